The van der Waals surface area contributed by atoms with Gasteiger partial charge in [-0.3, -0.25) is 0 Å². The van der Waals surface area contributed by atoms with Gasteiger partial charge in [-0.1, -0.05) is 6.92 Å². The Morgan fingerprint density at radius 2 is 2.28 bits per heavy atom. The van der Waals surface area contributed by atoms with Gasteiger partial charge in [0.05, 0.1) is 0 Å². The lowest BCUT2D eigenvalue weighted by Gasteiger charge is -2.29. The van der Waals surface area contributed by atoms with E-state index in [1.54, 1.807) is 23.5 Å². The Labute approximate surface area is 112 Å². The maximum atomic E-state index is 12.4. The molecule has 1 atom stereocenters. The van der Waals surface area contributed by atoms with Crippen LogP contribution in [0.25, 0.3) is 0 Å². The van der Waals surface area contributed by atoms with E-state index in [0.717, 1.165) is 5.75 Å². The third kappa shape index (κ3) is 2.78. The molecule has 1 N–H and O–H groups in total. The first-order valence-electron chi connectivity index (χ1n) is 5.79. The molecule has 2 rings (SSSR count). The summed E-state index contributed by atoms with van der Waals surface area (Å²) in [5, 5.41) is 3.21. The van der Waals surface area contributed by atoms with Crippen LogP contribution in [0.5, 0.6) is 0 Å². The fraction of sp³-hybridized carbons (Fsp3) is 0.545. The van der Waals surface area contributed by atoms with Crippen molar-refractivity contribution in [1.29, 1.82) is 0 Å². The van der Waals surface area contributed by atoms with Gasteiger partial charge in [0.15, 0.2) is 0 Å². The molecule has 1 aliphatic heterocycles. The maximum absolute atomic E-state index is 12.4. The molecule has 0 spiro atoms. The van der Waals surface area contributed by atoms with Crippen molar-refractivity contribution in [2.45, 2.75) is 17.1 Å². The van der Waals surface area contributed by atoms with Crippen LogP contribution in [0.1, 0.15) is 6.92 Å². The molecule has 1 aromatic rings. The second-order valence-corrected chi connectivity index (χ2v) is 7.66. The molecule has 0 radical (unpaired) electrons. The van der Waals surface area contributed by atoms with Crippen molar-refractivity contribution in [3.63, 3.8) is 0 Å². The SMILES string of the molecule is CNc1ccc(S(=O)(=O)N2CCSC(C)C2)cn1. The van der Waals surface area contributed by atoms with E-state index in [1.807, 2.05) is 11.8 Å². The minimum atomic E-state index is -3.39. The summed E-state index contributed by atoms with van der Waals surface area (Å²) in [6, 6.07) is 3.27. The van der Waals surface area contributed by atoms with Gasteiger partial charge in [0.2, 0.25) is 10.0 Å². The molecule has 5 nitrogen and oxygen atoms in total. The highest BCUT2D eigenvalue weighted by molar-refractivity contribution is 8.00. The summed E-state index contributed by atoms with van der Waals surface area (Å²) < 4.78 is 26.3. The van der Waals surface area contributed by atoms with Gasteiger partial charge in [-0.15, -0.1) is 0 Å². The molecule has 0 aliphatic carbocycles. The predicted octanol–water partition coefficient (Wildman–Crippen LogP) is 1.25. The highest BCUT2D eigenvalue weighted by atomic mass is 32.2. The number of sulfonamides is 1. The van der Waals surface area contributed by atoms with Gasteiger partial charge in [-0.25, -0.2) is 13.4 Å². The van der Waals surface area contributed by atoms with E-state index in [0.29, 0.717) is 24.2 Å². The Balaban J connectivity index is 2.23. The normalized spacial score (nSPS) is 21.8. The van der Waals surface area contributed by atoms with Crippen molar-refractivity contribution in [2.24, 2.45) is 0 Å². The summed E-state index contributed by atoms with van der Waals surface area (Å²) in [4.78, 5) is 4.32. The minimum Gasteiger partial charge on any atom is -0.373 e. The third-order valence-electron chi connectivity index (χ3n) is 2.83. The summed E-state index contributed by atoms with van der Waals surface area (Å²) in [6.45, 7) is 3.20. The Morgan fingerprint density at radius 3 is 2.83 bits per heavy atom. The molecule has 0 aromatic carbocycles. The molecule has 1 aromatic heterocycles. The van der Waals surface area contributed by atoms with Crippen LogP contribution < -0.4 is 5.32 Å². The molecular weight excluding hydrogens is 270 g/mol. The van der Waals surface area contributed by atoms with Crippen LogP contribution in [0.15, 0.2) is 23.2 Å². The van der Waals surface area contributed by atoms with E-state index in [9.17, 15) is 8.42 Å². The number of thioether (sulfide) groups is 1. The van der Waals surface area contributed by atoms with Crippen molar-refractivity contribution < 1.29 is 8.42 Å². The first-order valence-corrected chi connectivity index (χ1v) is 8.28. The van der Waals surface area contributed by atoms with Crippen LogP contribution in [-0.4, -0.2) is 48.8 Å². The average molecular weight is 287 g/mol. The number of aromatic nitrogens is 1. The lowest BCUT2D eigenvalue weighted by molar-refractivity contribution is 0.424. The van der Waals surface area contributed by atoms with E-state index in [4.69, 9.17) is 0 Å². The largest absolute Gasteiger partial charge is 0.373 e. The van der Waals surface area contributed by atoms with Gasteiger partial charge in [-0.2, -0.15) is 16.1 Å². The van der Waals surface area contributed by atoms with Crippen molar-refractivity contribution in [3.8, 4) is 0 Å². The van der Waals surface area contributed by atoms with Crippen molar-refractivity contribution in [1.82, 2.24) is 9.29 Å². The summed E-state index contributed by atoms with van der Waals surface area (Å²) in [6.07, 6.45) is 1.41. The first-order chi connectivity index (χ1) is 8.54. The van der Waals surface area contributed by atoms with Crippen LogP contribution in [0.4, 0.5) is 5.82 Å². The van der Waals surface area contributed by atoms with E-state index in [-0.39, 0.29) is 4.90 Å². The molecule has 2 heterocycles. The first kappa shape index (κ1) is 13.6. The van der Waals surface area contributed by atoms with Gasteiger partial charge in [-0.05, 0) is 12.1 Å². The Hall–Kier alpha value is -0.790. The molecule has 100 valence electrons. The van der Waals surface area contributed by atoms with Gasteiger partial charge in [0.1, 0.15) is 10.7 Å². The monoisotopic (exact) mass is 287 g/mol. The Kier molecular flexibility index (Phi) is 4.14. The number of rotatable bonds is 3. The highest BCUT2D eigenvalue weighted by Crippen LogP contribution is 2.24. The van der Waals surface area contributed by atoms with Crippen LogP contribution in [-0.2, 0) is 10.0 Å². The zero-order chi connectivity index (χ0) is 13.2. The molecule has 18 heavy (non-hydrogen) atoms. The Morgan fingerprint density at radius 1 is 1.50 bits per heavy atom. The lowest BCUT2D eigenvalue weighted by Crippen LogP contribution is -2.40. The summed E-state index contributed by atoms with van der Waals surface area (Å²) in [7, 11) is -1.64. The molecule has 0 bridgehead atoms. The zero-order valence-corrected chi connectivity index (χ0v) is 12.1. The van der Waals surface area contributed by atoms with Crippen molar-refractivity contribution in [3.05, 3.63) is 18.3 Å². The number of pyridine rings is 1. The molecular formula is C11H17N3O2S2. The molecule has 1 aliphatic rings. The van der Waals surface area contributed by atoms with Crippen molar-refractivity contribution >= 4 is 27.6 Å². The molecule has 0 amide bonds. The van der Waals surface area contributed by atoms with Crippen LogP contribution in [0.3, 0.4) is 0 Å². The predicted molar refractivity (Wildman–Crippen MR) is 74.5 cm³/mol. The zero-order valence-electron chi connectivity index (χ0n) is 10.5. The number of hydrogen-bond donors (Lipinski definition) is 1. The quantitative estimate of drug-likeness (QED) is 0.906. The number of hydrogen-bond acceptors (Lipinski definition) is 5. The fourth-order valence-electron chi connectivity index (χ4n) is 1.83. The highest BCUT2D eigenvalue weighted by Gasteiger charge is 2.29. The summed E-state index contributed by atoms with van der Waals surface area (Å²) >= 11 is 1.81. The number of nitrogens with zero attached hydrogens (tertiary/aromatic N) is 2. The summed E-state index contributed by atoms with van der Waals surface area (Å²) in [5.41, 5.74) is 0. The standard InChI is InChI=1S/C11H17N3O2S2/c1-9-8-14(5-6-17-9)18(15,16)10-3-4-11(12-2)13-7-10/h3-4,7,9H,5-6,8H2,1-2H3,(H,12,13). The lowest BCUT2D eigenvalue weighted by atomic mass is 10.4. The van der Waals surface area contributed by atoms with Crippen LogP contribution in [0.2, 0.25) is 0 Å². The molecule has 1 fully saturated rings. The van der Waals surface area contributed by atoms with Crippen molar-refractivity contribution in [2.75, 3.05) is 31.2 Å². The number of anilines is 1. The minimum absolute atomic E-state index is 0.264. The van der Waals surface area contributed by atoms with E-state index in [2.05, 4.69) is 17.2 Å². The van der Waals surface area contributed by atoms with Gasteiger partial charge in [0, 0.05) is 37.3 Å². The molecule has 1 saturated heterocycles. The third-order valence-corrected chi connectivity index (χ3v) is 5.82. The smallest absolute Gasteiger partial charge is 0.244 e. The van der Waals surface area contributed by atoms with Gasteiger partial charge in [0.25, 0.3) is 0 Å². The molecule has 0 saturated carbocycles. The maximum Gasteiger partial charge on any atom is 0.244 e. The van der Waals surface area contributed by atoms with E-state index < -0.39 is 10.0 Å². The number of nitrogens with one attached hydrogen (secondary N) is 1. The van der Waals surface area contributed by atoms with Crippen LogP contribution in [0, 0.1) is 0 Å². The average Bonchev–Trinajstić information content (AvgIpc) is 2.39. The van der Waals surface area contributed by atoms with E-state index in [1.165, 1.54) is 6.20 Å². The van der Waals surface area contributed by atoms with Gasteiger partial charge >= 0.3 is 0 Å². The van der Waals surface area contributed by atoms with Crippen LogP contribution >= 0.6 is 11.8 Å². The fourth-order valence-corrected chi connectivity index (χ4v) is 4.53. The summed E-state index contributed by atoms with van der Waals surface area (Å²) in [5.74, 6) is 1.51. The molecule has 7 heteroatoms. The Bertz CT molecular complexity index is 502. The topological polar surface area (TPSA) is 62.3 Å². The van der Waals surface area contributed by atoms with E-state index >= 15 is 0 Å². The second kappa shape index (κ2) is 5.46. The second-order valence-electron chi connectivity index (χ2n) is 4.17. The van der Waals surface area contributed by atoms with Gasteiger partial charge < -0.3 is 5.32 Å². The molecule has 1 unspecified atom stereocenters.